The molecule has 16 nitrogen and oxygen atoms in total. The average molecular weight is 1150 g/mol. The second-order valence-electron chi connectivity index (χ2n) is 18.5. The number of carbonyl (C=O) groups excluding carboxylic acids is 8. The largest absolute Gasteiger partial charge is 1.00 e. The van der Waals surface area contributed by atoms with Crippen LogP contribution >= 0.6 is 11.7 Å². The summed E-state index contributed by atoms with van der Waals surface area (Å²) in [6.07, 6.45) is 0.302. The molecule has 12 aromatic rings. The zero-order valence-corrected chi connectivity index (χ0v) is 50.2. The third kappa shape index (κ3) is 6.08. The van der Waals surface area contributed by atoms with Gasteiger partial charge in [-0.25, -0.2) is 0 Å². The van der Waals surface area contributed by atoms with Crippen LogP contribution in [-0.2, 0) is 4.79 Å². The van der Waals surface area contributed by atoms with Crippen LogP contribution in [-0.4, -0.2) is 56.5 Å². The smallest absolute Gasteiger partial charge is 0.587 e. The molecule has 76 heavy (non-hydrogen) atoms. The van der Waals surface area contributed by atoms with Gasteiger partial charge in [-0.2, -0.15) is 19.3 Å². The van der Waals surface area contributed by atoms with Gasteiger partial charge < -0.3 is 29.8 Å². The molecule has 0 aliphatic carbocycles. The maximum absolute atomic E-state index is 14.1. The quantitative estimate of drug-likeness (QED) is 0.108. The third-order valence-electron chi connectivity index (χ3n) is 15.1. The van der Waals surface area contributed by atoms with Gasteiger partial charge in [0.15, 0.2) is 0 Å². The van der Waals surface area contributed by atoms with Gasteiger partial charge in [-0.1, -0.05) is 54.6 Å². The molecule has 0 saturated heterocycles. The fourth-order valence-corrected chi connectivity index (χ4v) is 12.9. The van der Waals surface area contributed by atoms with Crippen molar-refractivity contribution in [2.24, 2.45) is 0 Å². The number of hydrogen-bond acceptors (Lipinski definition) is 13. The molecule has 8 amide bonds. The summed E-state index contributed by atoms with van der Waals surface area (Å²) in [7, 11) is 0. The Hall–Kier alpha value is -7.01. The number of rotatable bonds is 4. The number of aryl methyl sites for hydroxylation is 1. The Morgan fingerprint density at radius 1 is 0.500 bits per heavy atom. The van der Waals surface area contributed by atoms with Crippen molar-refractivity contribution in [2.75, 3.05) is 0 Å². The van der Waals surface area contributed by atoms with Gasteiger partial charge in [-0.3, -0.25) is 29.8 Å². The molecule has 0 unspecified atom stereocenters. The van der Waals surface area contributed by atoms with Crippen molar-refractivity contribution in [3.05, 3.63) is 151 Å². The monoisotopic (exact) mass is 1150 g/mol. The number of aromatic nitrogens is 2. The van der Waals surface area contributed by atoms with Gasteiger partial charge in [-0.05, 0) is 102 Å². The summed E-state index contributed by atoms with van der Waals surface area (Å²) in [6, 6.07) is 27.9. The Morgan fingerprint density at radius 3 is 1.47 bits per heavy atom. The molecule has 3 aliphatic rings. The van der Waals surface area contributed by atoms with Crippen molar-refractivity contribution < 1.29 is 155 Å². The summed E-state index contributed by atoms with van der Waals surface area (Å²) in [5, 5.41) is 41.4. The van der Waals surface area contributed by atoms with E-state index in [2.05, 4.69) is 33.4 Å². The molecule has 15 rings (SSSR count). The van der Waals surface area contributed by atoms with Gasteiger partial charge in [0.2, 0.25) is 6.41 Å². The van der Waals surface area contributed by atoms with E-state index in [-0.39, 0.29) is 166 Å². The molecule has 0 bridgehead atoms. The second-order valence-corrected chi connectivity index (χ2v) is 19.0. The molecule has 1 aromatic heterocycles. The molecular formula is C57H20N8O8Rb2S. The van der Waals surface area contributed by atoms with E-state index in [9.17, 15) is 48.9 Å². The Labute approximate surface area is 526 Å². The van der Waals surface area contributed by atoms with Gasteiger partial charge >= 0.3 is 116 Å². The van der Waals surface area contributed by atoms with Crippen LogP contribution in [0.2, 0.25) is 0 Å². The Balaban J connectivity index is 0.00000277. The first-order chi connectivity index (χ1) is 35.9. The molecule has 0 atom stereocenters. The van der Waals surface area contributed by atoms with E-state index in [1.807, 2.05) is 19.1 Å². The zero-order chi connectivity index (χ0) is 50.5. The molecule has 0 spiro atoms. The minimum atomic E-state index is -0.801. The van der Waals surface area contributed by atoms with E-state index in [0.717, 1.165) is 11.7 Å². The van der Waals surface area contributed by atoms with Gasteiger partial charge in [0.05, 0.1) is 58.6 Å². The third-order valence-corrected chi connectivity index (χ3v) is 15.7. The Morgan fingerprint density at radius 2 is 0.921 bits per heavy atom. The number of imide groups is 4. The molecule has 19 heteroatoms. The number of hydrogen-bond donors (Lipinski definition) is 2. The number of amides is 8. The summed E-state index contributed by atoms with van der Waals surface area (Å²) in [6.45, 7) is 1.83. The van der Waals surface area contributed by atoms with Crippen LogP contribution in [0.3, 0.4) is 0 Å². The summed E-state index contributed by atoms with van der Waals surface area (Å²) >= 11 is 0.894. The van der Waals surface area contributed by atoms with Crippen molar-refractivity contribution in [3.8, 4) is 34.4 Å². The number of nitrogens with zero attached hydrogens (tertiary/aromatic N) is 6. The molecule has 0 fully saturated rings. The maximum atomic E-state index is 14.1. The van der Waals surface area contributed by atoms with Gasteiger partial charge in [-0.15, -0.1) is 0 Å². The predicted octanol–water partition coefficient (Wildman–Crippen LogP) is 4.29. The minimum Gasteiger partial charge on any atom is -0.587 e. The summed E-state index contributed by atoms with van der Waals surface area (Å²) in [5.74, 6) is -5.03. The van der Waals surface area contributed by atoms with Crippen molar-refractivity contribution >= 4 is 157 Å². The number of benzene rings is 11. The van der Waals surface area contributed by atoms with Gasteiger partial charge in [0.25, 0.3) is 17.7 Å². The Bertz CT molecular complexity index is 5050. The molecule has 4 heterocycles. The summed E-state index contributed by atoms with van der Waals surface area (Å²) < 4.78 is 9.75. The summed E-state index contributed by atoms with van der Waals surface area (Å²) in [4.78, 5) is 107. The van der Waals surface area contributed by atoms with E-state index in [4.69, 9.17) is 8.75 Å². The van der Waals surface area contributed by atoms with E-state index in [1.165, 1.54) is 12.1 Å². The van der Waals surface area contributed by atoms with Crippen molar-refractivity contribution in [3.63, 3.8) is 0 Å². The zero-order valence-electron chi connectivity index (χ0n) is 39.5. The molecule has 0 saturated carbocycles. The number of fused-ring (bicyclic) bond motifs is 5. The fraction of sp³-hybridized carbons (Fsp3) is 0.0175. The van der Waals surface area contributed by atoms with Crippen LogP contribution in [0.5, 0.6) is 0 Å². The Kier molecular flexibility index (Phi) is 10.9. The number of nitrogens with one attached hydrogen (secondary N) is 2. The molecule has 0 radical (unpaired) electrons. The topological polar surface area (TPSA) is 262 Å². The average Bonchev–Trinajstić information content (AvgIpc) is 3.92. The number of nitriles is 2. The minimum absolute atomic E-state index is 0. The maximum Gasteiger partial charge on any atom is 1.00 e. The van der Waals surface area contributed by atoms with E-state index >= 15 is 0 Å². The standard InChI is InChI=1S/C57H22N8O8S.2Rb/c1-19-2-3-26-40-24(6-9-28(37(19)40)51(67)60-18-66)38-20(16-58)12-33-45-35(56(72)62-54(33)70)14-31(42(26)47(38)45)22-4-5-23(50-49(22)64-74-65-50)32-15-36-46-34(55(71)63-57(36)73)13-21(17-59)39-25-7-10-29-44-30(53(69)61-52(29)68)11-8-27(41(25)44)43(32)48(39)46;;/h2-15,18H,1H3,(H4,60,61,62,63,66,67,68,69,70,71,72,73);;/q;2*+1/p-2. The fourth-order valence-electron chi connectivity index (χ4n) is 12.3. The number of carbonyl (C=O) groups is 8. The van der Waals surface area contributed by atoms with Gasteiger partial charge in [0, 0.05) is 87.8 Å². The predicted molar refractivity (Wildman–Crippen MR) is 274 cm³/mol. The molecule has 11 aromatic carbocycles. The first-order valence-electron chi connectivity index (χ1n) is 22.7. The molecule has 344 valence electrons. The van der Waals surface area contributed by atoms with Crippen LogP contribution in [0.15, 0.2) is 84.9 Å². The van der Waals surface area contributed by atoms with Crippen LogP contribution in [0, 0.1) is 29.6 Å². The van der Waals surface area contributed by atoms with E-state index < -0.39 is 41.4 Å². The van der Waals surface area contributed by atoms with Crippen LogP contribution < -0.4 is 127 Å². The van der Waals surface area contributed by atoms with Crippen LogP contribution in [0.4, 0.5) is 0 Å². The normalized spacial score (nSPS) is 13.7. The molecular weight excluding hydrogens is 1130 g/mol. The first-order valence-corrected chi connectivity index (χ1v) is 23.5. The van der Waals surface area contributed by atoms with Crippen LogP contribution in [0.25, 0.3) is 130 Å². The van der Waals surface area contributed by atoms with Gasteiger partial charge in [0.1, 0.15) is 11.0 Å². The first kappa shape index (κ1) is 48.6. The SMILES string of the molecule is Cc1ccc2c3c(-c4ccc(-c5cc6c7c(cc(C#N)c8c9ccc%10c%11c(ccc(c5c78)c%119)C(=O)[N-]C%10=O)C(=O)NC6=O)c5nsnc45)cc4c5c(cc(C#N)c(c6ccc(C(=O)NC=O)c1c62)c53)C(=O)[N-]C4=O.[Rb+].[Rb+]. The second kappa shape index (κ2) is 17.0. The van der Waals surface area contributed by atoms with E-state index in [0.29, 0.717) is 131 Å². The van der Waals surface area contributed by atoms with Crippen molar-refractivity contribution in [1.82, 2.24) is 19.4 Å². The van der Waals surface area contributed by atoms with Crippen molar-refractivity contribution in [1.29, 1.82) is 10.5 Å². The van der Waals surface area contributed by atoms with Crippen molar-refractivity contribution in [2.45, 2.75) is 6.92 Å². The summed E-state index contributed by atoms with van der Waals surface area (Å²) in [5.41, 5.74) is 4.46. The molecule has 3 aliphatic heterocycles. The van der Waals surface area contributed by atoms with E-state index in [1.54, 1.807) is 60.7 Å². The molecule has 2 N–H and O–H groups in total. The van der Waals surface area contributed by atoms with Crippen LogP contribution in [0.1, 0.15) is 89.2 Å².